The molecule has 1 atom stereocenters. The summed E-state index contributed by atoms with van der Waals surface area (Å²) in [6.45, 7) is 1.50. The maximum Gasteiger partial charge on any atom is 0.148 e. The van der Waals surface area contributed by atoms with Gasteiger partial charge in [0.15, 0.2) is 0 Å². The molecule has 0 aliphatic heterocycles. The maximum atomic E-state index is 11.6. The van der Waals surface area contributed by atoms with Crippen molar-refractivity contribution < 1.29 is 9.59 Å². The molecule has 1 aromatic rings. The largest absolute Gasteiger partial charge is 0.299 e. The highest BCUT2D eigenvalue weighted by Crippen LogP contribution is 2.23. The first-order valence-corrected chi connectivity index (χ1v) is 4.78. The Kier molecular flexibility index (Phi) is 2.20. The smallest absolute Gasteiger partial charge is 0.148 e. The summed E-state index contributed by atoms with van der Waals surface area (Å²) >= 11 is 0. The van der Waals surface area contributed by atoms with Crippen molar-refractivity contribution in [3.8, 4) is 0 Å². The molecule has 0 bridgehead atoms. The van der Waals surface area contributed by atoms with E-state index in [1.165, 1.54) is 6.92 Å². The van der Waals surface area contributed by atoms with Crippen molar-refractivity contribution in [2.24, 2.45) is 5.92 Å². The summed E-state index contributed by atoms with van der Waals surface area (Å²) < 4.78 is 0. The van der Waals surface area contributed by atoms with Gasteiger partial charge in [0, 0.05) is 6.42 Å². The summed E-state index contributed by atoms with van der Waals surface area (Å²) in [7, 11) is 0. The number of hydrogen-bond donors (Lipinski definition) is 0. The van der Waals surface area contributed by atoms with Crippen LogP contribution in [0, 0.1) is 5.92 Å². The molecule has 14 heavy (non-hydrogen) atoms. The van der Waals surface area contributed by atoms with Crippen LogP contribution in [-0.4, -0.2) is 11.6 Å². The summed E-state index contributed by atoms with van der Waals surface area (Å²) in [5.74, 6) is -0.342. The third-order valence-electron chi connectivity index (χ3n) is 2.79. The Labute approximate surface area is 82.9 Å². The molecular formula is C12H12O2. The lowest BCUT2D eigenvalue weighted by Gasteiger charge is -2.21. The van der Waals surface area contributed by atoms with Crippen LogP contribution in [0.25, 0.3) is 0 Å². The summed E-state index contributed by atoms with van der Waals surface area (Å²) in [5, 5.41) is 0. The van der Waals surface area contributed by atoms with Gasteiger partial charge in [0.25, 0.3) is 0 Å². The zero-order chi connectivity index (χ0) is 10.1. The van der Waals surface area contributed by atoms with E-state index in [-0.39, 0.29) is 11.6 Å². The minimum absolute atomic E-state index is 0.00972. The molecule has 0 heterocycles. The highest BCUT2D eigenvalue weighted by molar-refractivity contribution is 6.03. The highest BCUT2D eigenvalue weighted by atomic mass is 16.1. The standard InChI is InChI=1S/C12H12O2/c1-8(13)11-6-9-4-2-3-5-10(9)7-12(11)14/h2-5,11H,6-7H2,1H3. The molecule has 0 spiro atoms. The quantitative estimate of drug-likeness (QED) is 0.627. The van der Waals surface area contributed by atoms with E-state index in [4.69, 9.17) is 0 Å². The van der Waals surface area contributed by atoms with E-state index in [0.29, 0.717) is 12.8 Å². The molecule has 2 nitrogen and oxygen atoms in total. The average molecular weight is 188 g/mol. The van der Waals surface area contributed by atoms with Gasteiger partial charge in [-0.2, -0.15) is 0 Å². The minimum atomic E-state index is -0.398. The van der Waals surface area contributed by atoms with Gasteiger partial charge in [-0.05, 0) is 24.5 Å². The van der Waals surface area contributed by atoms with Crippen LogP contribution >= 0.6 is 0 Å². The summed E-state index contributed by atoms with van der Waals surface area (Å²) in [6.07, 6.45) is 1.00. The first kappa shape index (κ1) is 9.13. The van der Waals surface area contributed by atoms with Gasteiger partial charge >= 0.3 is 0 Å². The van der Waals surface area contributed by atoms with Gasteiger partial charge in [0.2, 0.25) is 0 Å². The van der Waals surface area contributed by atoms with Crippen molar-refractivity contribution in [3.63, 3.8) is 0 Å². The molecule has 72 valence electrons. The molecule has 0 N–H and O–H groups in total. The second kappa shape index (κ2) is 3.37. The Morgan fingerprint density at radius 2 is 1.93 bits per heavy atom. The van der Waals surface area contributed by atoms with Gasteiger partial charge in [0.05, 0.1) is 5.92 Å². The predicted octanol–water partition coefficient (Wildman–Crippen LogP) is 1.56. The third-order valence-corrected chi connectivity index (χ3v) is 2.79. The molecule has 0 aromatic heterocycles. The third kappa shape index (κ3) is 1.48. The van der Waals surface area contributed by atoms with Gasteiger partial charge < -0.3 is 0 Å². The van der Waals surface area contributed by atoms with E-state index in [2.05, 4.69) is 0 Å². The normalized spacial score (nSPS) is 20.4. The lowest BCUT2D eigenvalue weighted by atomic mass is 9.81. The molecule has 1 aliphatic carbocycles. The van der Waals surface area contributed by atoms with Gasteiger partial charge in [0.1, 0.15) is 11.6 Å². The fraction of sp³-hybridized carbons (Fsp3) is 0.333. The van der Waals surface area contributed by atoms with E-state index in [0.717, 1.165) is 11.1 Å². The van der Waals surface area contributed by atoms with E-state index in [9.17, 15) is 9.59 Å². The lowest BCUT2D eigenvalue weighted by Crippen LogP contribution is -2.30. The van der Waals surface area contributed by atoms with Crippen LogP contribution in [0.15, 0.2) is 24.3 Å². The summed E-state index contributed by atoms with van der Waals surface area (Å²) in [6, 6.07) is 7.84. The van der Waals surface area contributed by atoms with Crippen molar-refractivity contribution in [2.75, 3.05) is 0 Å². The second-order valence-corrected chi connectivity index (χ2v) is 3.78. The van der Waals surface area contributed by atoms with Crippen LogP contribution < -0.4 is 0 Å². The Bertz CT molecular complexity index is 393. The van der Waals surface area contributed by atoms with E-state index in [1.54, 1.807) is 0 Å². The molecule has 0 amide bonds. The summed E-state index contributed by atoms with van der Waals surface area (Å²) in [4.78, 5) is 22.8. The molecule has 0 saturated heterocycles. The summed E-state index contributed by atoms with van der Waals surface area (Å²) in [5.41, 5.74) is 2.22. The zero-order valence-corrected chi connectivity index (χ0v) is 8.12. The minimum Gasteiger partial charge on any atom is -0.299 e. The van der Waals surface area contributed by atoms with Crippen molar-refractivity contribution >= 4 is 11.6 Å². The fourth-order valence-electron chi connectivity index (χ4n) is 1.94. The molecule has 0 radical (unpaired) electrons. The van der Waals surface area contributed by atoms with Crippen molar-refractivity contribution in [3.05, 3.63) is 35.4 Å². The Morgan fingerprint density at radius 3 is 2.57 bits per heavy atom. The van der Waals surface area contributed by atoms with Crippen molar-refractivity contribution in [1.29, 1.82) is 0 Å². The zero-order valence-electron chi connectivity index (χ0n) is 8.12. The number of ketones is 2. The molecule has 2 rings (SSSR count). The molecule has 0 fully saturated rings. The monoisotopic (exact) mass is 188 g/mol. The Hall–Kier alpha value is -1.44. The van der Waals surface area contributed by atoms with Crippen LogP contribution in [-0.2, 0) is 22.4 Å². The SMILES string of the molecule is CC(=O)C1Cc2ccccc2CC1=O. The van der Waals surface area contributed by atoms with Gasteiger partial charge in [-0.15, -0.1) is 0 Å². The number of rotatable bonds is 1. The number of hydrogen-bond acceptors (Lipinski definition) is 2. The van der Waals surface area contributed by atoms with Crippen LogP contribution in [0.2, 0.25) is 0 Å². The van der Waals surface area contributed by atoms with Gasteiger partial charge in [-0.3, -0.25) is 9.59 Å². The van der Waals surface area contributed by atoms with Gasteiger partial charge in [-0.25, -0.2) is 0 Å². The molecule has 1 aromatic carbocycles. The van der Waals surface area contributed by atoms with Crippen molar-refractivity contribution in [2.45, 2.75) is 19.8 Å². The topological polar surface area (TPSA) is 34.1 Å². The van der Waals surface area contributed by atoms with E-state index in [1.807, 2.05) is 24.3 Å². The van der Waals surface area contributed by atoms with Crippen molar-refractivity contribution in [1.82, 2.24) is 0 Å². The highest BCUT2D eigenvalue weighted by Gasteiger charge is 2.28. The maximum absolute atomic E-state index is 11.6. The number of carbonyl (C=O) groups is 2. The number of fused-ring (bicyclic) bond motifs is 1. The Balaban J connectivity index is 2.36. The van der Waals surface area contributed by atoms with Crippen LogP contribution in [0.4, 0.5) is 0 Å². The number of benzene rings is 1. The first-order chi connectivity index (χ1) is 6.68. The molecular weight excluding hydrogens is 176 g/mol. The van der Waals surface area contributed by atoms with E-state index < -0.39 is 5.92 Å². The average Bonchev–Trinajstić information content (AvgIpc) is 2.16. The van der Waals surface area contributed by atoms with Crippen LogP contribution in [0.1, 0.15) is 18.1 Å². The fourth-order valence-corrected chi connectivity index (χ4v) is 1.94. The first-order valence-electron chi connectivity index (χ1n) is 4.78. The molecule has 0 saturated carbocycles. The van der Waals surface area contributed by atoms with Crippen LogP contribution in [0.5, 0.6) is 0 Å². The second-order valence-electron chi connectivity index (χ2n) is 3.78. The Morgan fingerprint density at radius 1 is 1.29 bits per heavy atom. The van der Waals surface area contributed by atoms with Gasteiger partial charge in [-0.1, -0.05) is 24.3 Å². The lowest BCUT2D eigenvalue weighted by molar-refractivity contribution is -0.131. The van der Waals surface area contributed by atoms with E-state index >= 15 is 0 Å². The predicted molar refractivity (Wildman–Crippen MR) is 53.0 cm³/mol. The molecule has 1 unspecified atom stereocenters. The molecule has 1 aliphatic rings. The molecule has 2 heteroatoms. The number of carbonyl (C=O) groups excluding carboxylic acids is 2. The van der Waals surface area contributed by atoms with Crippen LogP contribution in [0.3, 0.4) is 0 Å². The number of Topliss-reactive ketones (excluding diaryl/α,β-unsaturated/α-hetero) is 2.